The van der Waals surface area contributed by atoms with Crippen LogP contribution in [0, 0.1) is 5.82 Å². The van der Waals surface area contributed by atoms with Gasteiger partial charge in [-0.1, -0.05) is 0 Å². The zero-order valence-electron chi connectivity index (χ0n) is 18.2. The number of rotatable bonds is 6. The molecule has 0 amide bonds. The maximum atomic E-state index is 14.8. The summed E-state index contributed by atoms with van der Waals surface area (Å²) >= 11 is 1.10. The fraction of sp³-hybridized carbons (Fsp3) is 0.333. The molecule has 0 aliphatic carbocycles. The highest BCUT2D eigenvalue weighted by Gasteiger charge is 2.24. The lowest BCUT2D eigenvalue weighted by molar-refractivity contribution is 0.0496. The minimum Gasteiger partial charge on any atom is -0.428 e. The van der Waals surface area contributed by atoms with Gasteiger partial charge < -0.3 is 19.1 Å². The van der Waals surface area contributed by atoms with Crippen LogP contribution in [0.3, 0.4) is 0 Å². The Bertz CT molecular complexity index is 1190. The molecule has 2 aliphatic heterocycles. The number of carbonyl (C=O) groups is 2. The van der Waals surface area contributed by atoms with E-state index in [1.54, 1.807) is 0 Å². The highest BCUT2D eigenvalue weighted by molar-refractivity contribution is 7.09. The molecule has 1 aromatic heterocycles. The van der Waals surface area contributed by atoms with E-state index in [2.05, 4.69) is 26.4 Å². The highest BCUT2D eigenvalue weighted by atomic mass is 32.1. The fourth-order valence-corrected chi connectivity index (χ4v) is 4.71. The summed E-state index contributed by atoms with van der Waals surface area (Å²) in [6.07, 6.45) is 1.85. The summed E-state index contributed by atoms with van der Waals surface area (Å²) in [5.41, 5.74) is 2.26. The number of ether oxygens (including phenoxy) is 3. The number of benzene rings is 2. The summed E-state index contributed by atoms with van der Waals surface area (Å²) in [5.74, 6) is -0.834. The van der Waals surface area contributed by atoms with Crippen molar-refractivity contribution >= 4 is 29.7 Å². The van der Waals surface area contributed by atoms with Gasteiger partial charge in [0.15, 0.2) is 23.7 Å². The molecule has 1 atom stereocenters. The van der Waals surface area contributed by atoms with E-state index in [4.69, 9.17) is 14.2 Å². The van der Waals surface area contributed by atoms with Gasteiger partial charge in [-0.3, -0.25) is 4.79 Å². The first kappa shape index (κ1) is 22.4. The van der Waals surface area contributed by atoms with Crippen LogP contribution in [0.4, 0.5) is 14.9 Å². The second-order valence-electron chi connectivity index (χ2n) is 8.11. The summed E-state index contributed by atoms with van der Waals surface area (Å²) in [4.78, 5) is 30.5. The van der Waals surface area contributed by atoms with E-state index >= 15 is 0 Å². The number of aldehydes is 1. The number of nitrogens with zero attached hydrogens (tertiary/aromatic N) is 3. The summed E-state index contributed by atoms with van der Waals surface area (Å²) in [5, 5.41) is 0.442. The highest BCUT2D eigenvalue weighted by Crippen LogP contribution is 2.32. The van der Waals surface area contributed by atoms with E-state index < -0.39 is 23.8 Å². The molecule has 34 heavy (non-hydrogen) atoms. The Morgan fingerprint density at radius 3 is 2.68 bits per heavy atom. The second kappa shape index (κ2) is 9.86. The Balaban J connectivity index is 1.33. The number of anilines is 1. The van der Waals surface area contributed by atoms with E-state index in [1.165, 1.54) is 24.6 Å². The lowest BCUT2D eigenvalue weighted by Crippen LogP contribution is -2.21. The molecular weight excluding hydrogens is 461 g/mol. The van der Waals surface area contributed by atoms with E-state index in [-0.39, 0.29) is 12.2 Å². The van der Waals surface area contributed by atoms with Crippen LogP contribution < -0.4 is 9.64 Å². The van der Waals surface area contributed by atoms with Gasteiger partial charge in [-0.05, 0) is 60.8 Å². The molecule has 0 radical (unpaired) electrons. The molecule has 2 fully saturated rings. The van der Waals surface area contributed by atoms with Crippen LogP contribution in [0.15, 0.2) is 36.4 Å². The Morgan fingerprint density at radius 1 is 1.18 bits per heavy atom. The SMILES string of the molecule is O=Cc1cc(-c2nc(-c3ccc(N4CCCC4)cc3)ns2)cc(F)c1OC(=O)OC1CCOC1. The van der Waals surface area contributed by atoms with Crippen molar-refractivity contribution in [2.24, 2.45) is 0 Å². The third kappa shape index (κ3) is 4.78. The molecule has 0 bridgehead atoms. The number of carbonyl (C=O) groups excluding carboxylic acids is 2. The summed E-state index contributed by atoms with van der Waals surface area (Å²) in [6, 6.07) is 10.6. The quantitative estimate of drug-likeness (QED) is 0.282. The molecule has 10 heteroatoms. The normalized spacial score (nSPS) is 17.7. The lowest BCUT2D eigenvalue weighted by Gasteiger charge is -2.17. The second-order valence-corrected chi connectivity index (χ2v) is 8.87. The fourth-order valence-electron chi connectivity index (χ4n) is 4.04. The van der Waals surface area contributed by atoms with Gasteiger partial charge in [0, 0.05) is 36.3 Å². The molecule has 2 saturated heterocycles. The van der Waals surface area contributed by atoms with Crippen LogP contribution in [-0.2, 0) is 9.47 Å². The molecule has 2 aromatic carbocycles. The Labute approximate surface area is 199 Å². The molecule has 0 N–H and O–H groups in total. The van der Waals surface area contributed by atoms with Crippen LogP contribution in [0.1, 0.15) is 29.6 Å². The first-order chi connectivity index (χ1) is 16.6. The standard InChI is InChI=1S/C24H22FN3O5S/c25-20-12-16(11-17(13-29)21(20)33-24(30)32-19-7-10-31-14-19)23-26-22(27-34-23)15-3-5-18(6-4-15)28-8-1-2-9-28/h3-6,11-13,19H,1-2,7-10,14H2. The van der Waals surface area contributed by atoms with Crippen molar-refractivity contribution in [1.82, 2.24) is 9.36 Å². The Morgan fingerprint density at radius 2 is 1.97 bits per heavy atom. The summed E-state index contributed by atoms with van der Waals surface area (Å²) in [7, 11) is 0. The van der Waals surface area contributed by atoms with Crippen molar-refractivity contribution in [3.05, 3.63) is 47.8 Å². The van der Waals surface area contributed by atoms with Gasteiger partial charge in [-0.25, -0.2) is 14.2 Å². The van der Waals surface area contributed by atoms with Crippen molar-refractivity contribution in [1.29, 1.82) is 0 Å². The average Bonchev–Trinajstić information content (AvgIpc) is 3.63. The Hall–Kier alpha value is -3.37. The van der Waals surface area contributed by atoms with Gasteiger partial charge in [0.25, 0.3) is 0 Å². The minimum absolute atomic E-state index is 0.124. The molecule has 0 saturated carbocycles. The zero-order valence-corrected chi connectivity index (χ0v) is 19.1. The molecule has 1 unspecified atom stereocenters. The van der Waals surface area contributed by atoms with Gasteiger partial charge in [0.2, 0.25) is 0 Å². The maximum Gasteiger partial charge on any atom is 0.514 e. The number of hydrogen-bond acceptors (Lipinski definition) is 9. The summed E-state index contributed by atoms with van der Waals surface area (Å²) < 4.78 is 34.4. The van der Waals surface area contributed by atoms with Crippen molar-refractivity contribution < 1.29 is 28.2 Å². The van der Waals surface area contributed by atoms with E-state index in [0.717, 1.165) is 36.3 Å². The topological polar surface area (TPSA) is 90.9 Å². The van der Waals surface area contributed by atoms with Gasteiger partial charge >= 0.3 is 6.16 Å². The molecule has 3 heterocycles. The van der Waals surface area contributed by atoms with Gasteiger partial charge in [0.1, 0.15) is 11.1 Å². The van der Waals surface area contributed by atoms with Crippen LogP contribution in [0.25, 0.3) is 22.0 Å². The molecule has 176 valence electrons. The van der Waals surface area contributed by atoms with E-state index in [1.807, 2.05) is 12.1 Å². The molecule has 2 aliphatic rings. The first-order valence-corrected chi connectivity index (χ1v) is 11.8. The van der Waals surface area contributed by atoms with Crippen LogP contribution in [0.5, 0.6) is 5.75 Å². The van der Waals surface area contributed by atoms with Crippen LogP contribution >= 0.6 is 11.5 Å². The van der Waals surface area contributed by atoms with Crippen LogP contribution in [0.2, 0.25) is 0 Å². The lowest BCUT2D eigenvalue weighted by atomic mass is 10.1. The molecule has 3 aromatic rings. The Kier molecular flexibility index (Phi) is 6.50. The summed E-state index contributed by atoms with van der Waals surface area (Å²) in [6.45, 7) is 2.87. The maximum absolute atomic E-state index is 14.8. The third-order valence-corrected chi connectivity index (χ3v) is 6.57. The van der Waals surface area contributed by atoms with E-state index in [0.29, 0.717) is 35.7 Å². The molecule has 8 nitrogen and oxygen atoms in total. The van der Waals surface area contributed by atoms with Gasteiger partial charge in [-0.2, -0.15) is 4.37 Å². The van der Waals surface area contributed by atoms with Gasteiger partial charge in [-0.15, -0.1) is 0 Å². The molecular formula is C24H22FN3O5S. The third-order valence-electron chi connectivity index (χ3n) is 5.81. The number of halogens is 1. The predicted molar refractivity (Wildman–Crippen MR) is 124 cm³/mol. The van der Waals surface area contributed by atoms with E-state index in [9.17, 15) is 14.0 Å². The van der Waals surface area contributed by atoms with Crippen molar-refractivity contribution in [2.45, 2.75) is 25.4 Å². The number of aromatic nitrogens is 2. The largest absolute Gasteiger partial charge is 0.514 e. The van der Waals surface area contributed by atoms with Crippen LogP contribution in [-0.4, -0.2) is 54.2 Å². The smallest absolute Gasteiger partial charge is 0.428 e. The van der Waals surface area contributed by atoms with Crippen molar-refractivity contribution in [2.75, 3.05) is 31.2 Å². The van der Waals surface area contributed by atoms with Crippen molar-refractivity contribution in [3.8, 4) is 27.7 Å². The molecule has 5 rings (SSSR count). The average molecular weight is 484 g/mol. The first-order valence-electron chi connectivity index (χ1n) is 11.0. The monoisotopic (exact) mass is 483 g/mol. The van der Waals surface area contributed by atoms with Crippen molar-refractivity contribution in [3.63, 3.8) is 0 Å². The van der Waals surface area contributed by atoms with Gasteiger partial charge in [0.05, 0.1) is 18.8 Å². The zero-order chi connectivity index (χ0) is 23.5. The number of hydrogen-bond donors (Lipinski definition) is 0. The molecule has 0 spiro atoms. The minimum atomic E-state index is -1.08. The predicted octanol–water partition coefficient (Wildman–Crippen LogP) is 4.73.